The number of aryl methyl sites for hydroxylation is 1. The summed E-state index contributed by atoms with van der Waals surface area (Å²) < 4.78 is 26.6. The summed E-state index contributed by atoms with van der Waals surface area (Å²) >= 11 is 0. The van der Waals surface area contributed by atoms with E-state index in [0.717, 1.165) is 5.56 Å². The van der Waals surface area contributed by atoms with Gasteiger partial charge in [0.25, 0.3) is 11.8 Å². The number of rotatable bonds is 2. The van der Waals surface area contributed by atoms with E-state index in [0.29, 0.717) is 12.1 Å². The van der Waals surface area contributed by atoms with E-state index in [2.05, 4.69) is 0 Å². The Hall–Kier alpha value is -1.53. The molecule has 1 N–H and O–H groups in total. The predicted octanol–water partition coefficient (Wildman–Crippen LogP) is 1.91. The molecule has 0 aromatic heterocycles. The van der Waals surface area contributed by atoms with Gasteiger partial charge in [-0.2, -0.15) is 0 Å². The molecule has 1 amide bonds. The van der Waals surface area contributed by atoms with Crippen molar-refractivity contribution in [3.8, 4) is 0 Å². The minimum Gasteiger partial charge on any atom is -0.390 e. The number of carbonyl (C=O) groups is 1. The van der Waals surface area contributed by atoms with Crippen LogP contribution in [0.2, 0.25) is 0 Å². The summed E-state index contributed by atoms with van der Waals surface area (Å²) in [6.45, 7) is 3.05. The van der Waals surface area contributed by atoms with Crippen LogP contribution in [0.1, 0.15) is 28.8 Å². The highest BCUT2D eigenvalue weighted by Crippen LogP contribution is 2.30. The molecule has 6 heteroatoms. The maximum Gasteiger partial charge on any atom is 0.254 e. The lowest BCUT2D eigenvalue weighted by atomic mass is 10.0. The van der Waals surface area contributed by atoms with Gasteiger partial charge in [0.1, 0.15) is 0 Å². The van der Waals surface area contributed by atoms with Crippen LogP contribution in [-0.4, -0.2) is 65.1 Å². The smallest absolute Gasteiger partial charge is 0.254 e. The maximum absolute atomic E-state index is 13.3. The Bertz CT molecular complexity index is 584. The molecule has 2 aliphatic rings. The number of aliphatic hydroxyl groups excluding tert-OH is 1. The van der Waals surface area contributed by atoms with Crippen molar-refractivity contribution in [2.75, 3.05) is 26.2 Å². The van der Waals surface area contributed by atoms with Crippen LogP contribution in [0.15, 0.2) is 24.3 Å². The first-order valence-corrected chi connectivity index (χ1v) is 8.02. The number of benzene rings is 1. The van der Waals surface area contributed by atoms with Crippen molar-refractivity contribution in [3.05, 3.63) is 35.4 Å². The lowest BCUT2D eigenvalue weighted by Crippen LogP contribution is -2.49. The van der Waals surface area contributed by atoms with Gasteiger partial charge in [-0.1, -0.05) is 18.2 Å². The number of alkyl halides is 2. The molecule has 0 spiro atoms. The number of nitrogens with zero attached hydrogens (tertiary/aromatic N) is 2. The van der Waals surface area contributed by atoms with E-state index in [-0.39, 0.29) is 44.4 Å². The second-order valence-electron chi connectivity index (χ2n) is 6.55. The lowest BCUT2D eigenvalue weighted by Gasteiger charge is -2.36. The van der Waals surface area contributed by atoms with Crippen molar-refractivity contribution in [1.82, 2.24) is 9.80 Å². The summed E-state index contributed by atoms with van der Waals surface area (Å²) in [6, 6.07) is 7.10. The Kier molecular flexibility index (Phi) is 4.38. The summed E-state index contributed by atoms with van der Waals surface area (Å²) in [7, 11) is 0. The molecule has 1 aromatic rings. The van der Waals surface area contributed by atoms with E-state index >= 15 is 0 Å². The van der Waals surface area contributed by atoms with Crippen LogP contribution < -0.4 is 0 Å². The first kappa shape index (κ1) is 16.3. The van der Waals surface area contributed by atoms with Crippen molar-refractivity contribution < 1.29 is 18.7 Å². The number of likely N-dealkylation sites (tertiary alicyclic amines) is 2. The van der Waals surface area contributed by atoms with Gasteiger partial charge in [0, 0.05) is 44.6 Å². The normalized spacial score (nSPS) is 28.1. The molecule has 2 heterocycles. The van der Waals surface area contributed by atoms with E-state index in [1.54, 1.807) is 11.0 Å². The highest BCUT2D eigenvalue weighted by molar-refractivity contribution is 5.95. The van der Waals surface area contributed by atoms with E-state index in [4.69, 9.17) is 0 Å². The molecule has 3 rings (SSSR count). The number of carbonyl (C=O) groups excluding carboxylic acids is 1. The molecular weight excluding hydrogens is 302 g/mol. The summed E-state index contributed by atoms with van der Waals surface area (Å²) in [5.74, 6) is -2.71. The third-order valence-electron chi connectivity index (χ3n) is 4.92. The molecule has 126 valence electrons. The average molecular weight is 324 g/mol. The van der Waals surface area contributed by atoms with Crippen LogP contribution in [0, 0.1) is 6.92 Å². The van der Waals surface area contributed by atoms with Crippen molar-refractivity contribution >= 4 is 5.91 Å². The highest BCUT2D eigenvalue weighted by Gasteiger charge is 2.42. The summed E-state index contributed by atoms with van der Waals surface area (Å²) in [4.78, 5) is 16.1. The van der Waals surface area contributed by atoms with Crippen LogP contribution >= 0.6 is 0 Å². The molecule has 2 fully saturated rings. The minimum atomic E-state index is -2.60. The SMILES string of the molecule is Cc1ccccc1C(=O)N1C[C@@H](O)[C@H](N2CCC(F)(F)CC2)C1. The number of hydrogen-bond acceptors (Lipinski definition) is 3. The van der Waals surface area contributed by atoms with Gasteiger partial charge in [-0.05, 0) is 18.6 Å². The van der Waals surface area contributed by atoms with Crippen LogP contribution in [0.25, 0.3) is 0 Å². The number of hydrogen-bond donors (Lipinski definition) is 1. The Labute approximate surface area is 134 Å². The first-order valence-electron chi connectivity index (χ1n) is 8.02. The third-order valence-corrected chi connectivity index (χ3v) is 4.92. The van der Waals surface area contributed by atoms with Crippen molar-refractivity contribution in [2.45, 2.75) is 37.8 Å². The Morgan fingerprint density at radius 1 is 1.22 bits per heavy atom. The zero-order valence-corrected chi connectivity index (χ0v) is 13.2. The molecule has 2 atom stereocenters. The summed E-state index contributed by atoms with van der Waals surface area (Å²) in [5.41, 5.74) is 1.53. The molecular formula is C17H22F2N2O2. The molecule has 0 aliphatic carbocycles. The molecule has 2 aliphatic heterocycles. The molecule has 4 nitrogen and oxygen atoms in total. The van der Waals surface area contributed by atoms with Crippen LogP contribution in [0.3, 0.4) is 0 Å². The number of aliphatic hydroxyl groups is 1. The van der Waals surface area contributed by atoms with Crippen molar-refractivity contribution in [2.24, 2.45) is 0 Å². The van der Waals surface area contributed by atoms with Gasteiger partial charge in [-0.15, -0.1) is 0 Å². The van der Waals surface area contributed by atoms with Crippen LogP contribution in [0.5, 0.6) is 0 Å². The standard InChI is InChI=1S/C17H22F2N2O2/c1-12-4-2-3-5-13(12)16(23)21-10-14(15(22)11-21)20-8-6-17(18,19)7-9-20/h2-5,14-15,22H,6-11H2,1H3/t14-,15-/m1/s1. The fraction of sp³-hybridized carbons (Fsp3) is 0.588. The monoisotopic (exact) mass is 324 g/mol. The van der Waals surface area contributed by atoms with Gasteiger partial charge in [0.05, 0.1) is 12.1 Å². The Morgan fingerprint density at radius 2 is 1.87 bits per heavy atom. The maximum atomic E-state index is 13.3. The number of halogens is 2. The quantitative estimate of drug-likeness (QED) is 0.904. The van der Waals surface area contributed by atoms with Crippen LogP contribution in [0.4, 0.5) is 8.78 Å². The van der Waals surface area contributed by atoms with Crippen molar-refractivity contribution in [3.63, 3.8) is 0 Å². The largest absolute Gasteiger partial charge is 0.390 e. The van der Waals surface area contributed by atoms with Gasteiger partial charge in [-0.25, -0.2) is 8.78 Å². The minimum absolute atomic E-state index is 0.105. The Morgan fingerprint density at radius 3 is 2.52 bits per heavy atom. The predicted molar refractivity (Wildman–Crippen MR) is 82.6 cm³/mol. The van der Waals surface area contributed by atoms with Gasteiger partial charge in [-0.3, -0.25) is 9.69 Å². The first-order chi connectivity index (χ1) is 10.9. The highest BCUT2D eigenvalue weighted by atomic mass is 19.3. The fourth-order valence-electron chi connectivity index (χ4n) is 3.46. The van der Waals surface area contributed by atoms with Crippen molar-refractivity contribution in [1.29, 1.82) is 0 Å². The van der Waals surface area contributed by atoms with E-state index < -0.39 is 12.0 Å². The molecule has 2 saturated heterocycles. The summed E-state index contributed by atoms with van der Waals surface area (Å²) in [5, 5.41) is 10.3. The topological polar surface area (TPSA) is 43.8 Å². The second-order valence-corrected chi connectivity index (χ2v) is 6.55. The Balaban J connectivity index is 1.67. The average Bonchev–Trinajstić information content (AvgIpc) is 2.89. The second kappa shape index (κ2) is 6.17. The molecule has 0 saturated carbocycles. The molecule has 0 bridgehead atoms. The molecule has 0 radical (unpaired) electrons. The molecule has 1 aromatic carbocycles. The third kappa shape index (κ3) is 3.38. The number of amides is 1. The molecule has 0 unspecified atom stereocenters. The number of piperidine rings is 1. The van der Waals surface area contributed by atoms with E-state index in [9.17, 15) is 18.7 Å². The van der Waals surface area contributed by atoms with E-state index in [1.807, 2.05) is 30.0 Å². The van der Waals surface area contributed by atoms with Gasteiger partial charge in [0.2, 0.25) is 0 Å². The lowest BCUT2D eigenvalue weighted by molar-refractivity contribution is -0.0697. The van der Waals surface area contributed by atoms with Gasteiger partial charge < -0.3 is 10.0 Å². The van der Waals surface area contributed by atoms with E-state index in [1.165, 1.54) is 0 Å². The number of β-amino-alcohol motifs (C(OH)–C–C–N with tert-alkyl or cyclic N) is 1. The van der Waals surface area contributed by atoms with Crippen LogP contribution in [-0.2, 0) is 0 Å². The van der Waals surface area contributed by atoms with Gasteiger partial charge in [0.15, 0.2) is 0 Å². The zero-order chi connectivity index (χ0) is 16.6. The zero-order valence-electron chi connectivity index (χ0n) is 13.2. The summed E-state index contributed by atoms with van der Waals surface area (Å²) in [6.07, 6.45) is -1.04. The molecule has 23 heavy (non-hydrogen) atoms. The van der Waals surface area contributed by atoms with Gasteiger partial charge >= 0.3 is 0 Å². The fourth-order valence-corrected chi connectivity index (χ4v) is 3.46.